The number of hydrogen-bond donors (Lipinski definition) is 0. The Hall–Kier alpha value is -7.92. The molecule has 0 atom stereocenters. The van der Waals surface area contributed by atoms with E-state index in [4.69, 9.17) is 4.42 Å². The molecule has 0 unspecified atom stereocenters. The van der Waals surface area contributed by atoms with Crippen molar-refractivity contribution in [2.24, 2.45) is 0 Å². The lowest BCUT2D eigenvalue weighted by atomic mass is 9.98. The van der Waals surface area contributed by atoms with Crippen LogP contribution in [0.4, 0.5) is 17.1 Å². The molecule has 3 heterocycles. The first kappa shape index (κ1) is 34.9. The highest BCUT2D eigenvalue weighted by molar-refractivity contribution is 7.26. The van der Waals surface area contributed by atoms with Gasteiger partial charge in [-0.1, -0.05) is 146 Å². The summed E-state index contributed by atoms with van der Waals surface area (Å²) in [7, 11) is 0. The zero-order chi connectivity index (χ0) is 40.7. The van der Waals surface area contributed by atoms with Gasteiger partial charge in [0.1, 0.15) is 11.2 Å². The number of thiophene rings is 1. The van der Waals surface area contributed by atoms with E-state index in [9.17, 15) is 0 Å². The number of rotatable bonds is 6. The smallest absolute Gasteiger partial charge is 0.143 e. The van der Waals surface area contributed by atoms with Gasteiger partial charge in [-0.05, 0) is 94.7 Å². The maximum absolute atomic E-state index is 6.82. The van der Waals surface area contributed by atoms with Crippen LogP contribution in [0.2, 0.25) is 0 Å². The Labute approximate surface area is 361 Å². The molecular formula is C58H36N2OS. The van der Waals surface area contributed by atoms with Crippen molar-refractivity contribution in [3.05, 3.63) is 218 Å². The van der Waals surface area contributed by atoms with Crippen LogP contribution in [0.15, 0.2) is 223 Å². The zero-order valence-electron chi connectivity index (χ0n) is 33.5. The molecule has 13 rings (SSSR count). The first-order chi connectivity index (χ1) is 30.7. The van der Waals surface area contributed by atoms with E-state index in [1.54, 1.807) is 0 Å². The normalized spacial score (nSPS) is 11.9. The average Bonchev–Trinajstić information content (AvgIpc) is 4.01. The van der Waals surface area contributed by atoms with Crippen molar-refractivity contribution in [3.63, 3.8) is 0 Å². The fourth-order valence-corrected chi connectivity index (χ4v) is 11.0. The van der Waals surface area contributed by atoms with Gasteiger partial charge in [-0.2, -0.15) is 0 Å². The number of benzene rings is 10. The summed E-state index contributed by atoms with van der Waals surface area (Å²) in [5.74, 6) is 0. The van der Waals surface area contributed by atoms with Crippen molar-refractivity contribution >= 4 is 103 Å². The topological polar surface area (TPSA) is 21.3 Å². The molecule has 0 saturated carbocycles. The monoisotopic (exact) mass is 808 g/mol. The highest BCUT2D eigenvalue weighted by Gasteiger charge is 2.22. The van der Waals surface area contributed by atoms with Crippen molar-refractivity contribution in [2.75, 3.05) is 4.90 Å². The lowest BCUT2D eigenvalue weighted by Gasteiger charge is -2.28. The van der Waals surface area contributed by atoms with Crippen LogP contribution in [-0.4, -0.2) is 4.57 Å². The molecule has 0 saturated heterocycles. The van der Waals surface area contributed by atoms with E-state index in [1.165, 1.54) is 63.9 Å². The van der Waals surface area contributed by atoms with Crippen LogP contribution in [0.1, 0.15) is 0 Å². The van der Waals surface area contributed by atoms with Crippen molar-refractivity contribution in [2.45, 2.75) is 0 Å². The Balaban J connectivity index is 0.988. The highest BCUT2D eigenvalue weighted by Crippen LogP contribution is 2.46. The van der Waals surface area contributed by atoms with Crippen LogP contribution < -0.4 is 4.90 Å². The molecule has 290 valence electrons. The minimum Gasteiger partial charge on any atom is -0.455 e. The van der Waals surface area contributed by atoms with Gasteiger partial charge in [0, 0.05) is 69.9 Å². The van der Waals surface area contributed by atoms with Gasteiger partial charge in [-0.25, -0.2) is 0 Å². The van der Waals surface area contributed by atoms with Gasteiger partial charge in [-0.15, -0.1) is 11.3 Å². The standard InChI is InChI=1S/C58H36N2OS/c1-2-14-39-36-55-51(35-38(39)13-1)49-21-12-20-48(57(49)61-55)46-17-5-7-23-52(46)59(40-29-27-37(28-30-40)43-19-11-22-50-47-18-6-10-26-56(47)62-58(43)50)41-31-33-42(34-32-41)60-53-24-8-3-15-44(53)45-16-4-9-25-54(45)60/h1-36H. The molecule has 0 aliphatic carbocycles. The van der Waals surface area contributed by atoms with Gasteiger partial charge >= 0.3 is 0 Å². The van der Waals surface area contributed by atoms with Gasteiger partial charge in [-0.3, -0.25) is 0 Å². The quantitative estimate of drug-likeness (QED) is 0.167. The molecule has 0 amide bonds. The summed E-state index contributed by atoms with van der Waals surface area (Å²) in [6.07, 6.45) is 0. The molecule has 0 aliphatic heterocycles. The molecule has 0 spiro atoms. The summed E-state index contributed by atoms with van der Waals surface area (Å²) in [5, 5.41) is 9.73. The summed E-state index contributed by atoms with van der Waals surface area (Å²) >= 11 is 1.87. The number of para-hydroxylation sites is 4. The molecule has 0 N–H and O–H groups in total. The van der Waals surface area contributed by atoms with E-state index in [2.05, 4.69) is 228 Å². The predicted molar refractivity (Wildman–Crippen MR) is 264 cm³/mol. The zero-order valence-corrected chi connectivity index (χ0v) is 34.3. The van der Waals surface area contributed by atoms with Gasteiger partial charge < -0.3 is 13.9 Å². The molecule has 0 radical (unpaired) electrons. The van der Waals surface area contributed by atoms with Crippen molar-refractivity contribution in [3.8, 4) is 27.9 Å². The van der Waals surface area contributed by atoms with Crippen LogP contribution in [0, 0.1) is 0 Å². The maximum atomic E-state index is 6.82. The number of anilines is 3. The Kier molecular flexibility index (Phi) is 7.78. The lowest BCUT2D eigenvalue weighted by Crippen LogP contribution is -2.11. The Bertz CT molecular complexity index is 3820. The minimum atomic E-state index is 0.888. The molecule has 4 heteroatoms. The van der Waals surface area contributed by atoms with E-state index < -0.39 is 0 Å². The molecule has 3 aromatic heterocycles. The molecule has 10 aromatic carbocycles. The third-order valence-corrected chi connectivity index (χ3v) is 13.8. The summed E-state index contributed by atoms with van der Waals surface area (Å²) in [5.41, 5.74) is 13.1. The van der Waals surface area contributed by atoms with Crippen LogP contribution >= 0.6 is 11.3 Å². The minimum absolute atomic E-state index is 0.888. The molecule has 0 aliphatic rings. The largest absolute Gasteiger partial charge is 0.455 e. The lowest BCUT2D eigenvalue weighted by molar-refractivity contribution is 0.670. The third-order valence-electron chi connectivity index (χ3n) is 12.6. The van der Waals surface area contributed by atoms with Crippen LogP contribution in [0.3, 0.4) is 0 Å². The number of furan rings is 1. The predicted octanol–water partition coefficient (Wildman–Crippen LogP) is 17.0. The molecular weight excluding hydrogens is 773 g/mol. The summed E-state index contributed by atoms with van der Waals surface area (Å²) in [6, 6.07) is 79.1. The number of nitrogens with zero attached hydrogens (tertiary/aromatic N) is 2. The summed E-state index contributed by atoms with van der Waals surface area (Å²) < 4.78 is 11.8. The first-order valence-corrected chi connectivity index (χ1v) is 21.9. The average molecular weight is 809 g/mol. The molecule has 0 bridgehead atoms. The molecule has 62 heavy (non-hydrogen) atoms. The van der Waals surface area contributed by atoms with Crippen molar-refractivity contribution in [1.82, 2.24) is 4.57 Å². The van der Waals surface area contributed by atoms with Crippen LogP contribution in [-0.2, 0) is 0 Å². The fraction of sp³-hybridized carbons (Fsp3) is 0. The molecule has 0 fully saturated rings. The van der Waals surface area contributed by atoms with Gasteiger partial charge in [0.05, 0.1) is 16.7 Å². The number of fused-ring (bicyclic) bond motifs is 10. The number of aromatic nitrogens is 1. The molecule has 13 aromatic rings. The van der Waals surface area contributed by atoms with Gasteiger partial charge in [0.25, 0.3) is 0 Å². The third kappa shape index (κ3) is 5.37. The Morgan fingerprint density at radius 1 is 0.403 bits per heavy atom. The van der Waals surface area contributed by atoms with Gasteiger partial charge in [0.15, 0.2) is 0 Å². The van der Waals surface area contributed by atoms with E-state index in [0.29, 0.717) is 0 Å². The van der Waals surface area contributed by atoms with E-state index in [-0.39, 0.29) is 0 Å². The van der Waals surface area contributed by atoms with E-state index in [1.807, 2.05) is 11.3 Å². The maximum Gasteiger partial charge on any atom is 0.143 e. The van der Waals surface area contributed by atoms with Gasteiger partial charge in [0.2, 0.25) is 0 Å². The summed E-state index contributed by atoms with van der Waals surface area (Å²) in [6.45, 7) is 0. The Morgan fingerprint density at radius 3 is 1.73 bits per heavy atom. The van der Waals surface area contributed by atoms with Crippen LogP contribution in [0.25, 0.3) is 103 Å². The summed E-state index contributed by atoms with van der Waals surface area (Å²) in [4.78, 5) is 2.39. The number of hydrogen-bond acceptors (Lipinski definition) is 3. The second-order valence-corrected chi connectivity index (χ2v) is 17.1. The SMILES string of the molecule is c1ccc(N(c2ccc(-c3cccc4c3sc3ccccc34)cc2)c2ccc(-n3c4ccccc4c4ccccc43)cc2)c(-c2cccc3c2oc2cc4ccccc4cc23)c1. The van der Waals surface area contributed by atoms with Crippen LogP contribution in [0.5, 0.6) is 0 Å². The molecule has 3 nitrogen and oxygen atoms in total. The second-order valence-electron chi connectivity index (χ2n) is 16.0. The highest BCUT2D eigenvalue weighted by atomic mass is 32.1. The second kappa shape index (κ2) is 13.8. The first-order valence-electron chi connectivity index (χ1n) is 21.1. The van der Waals surface area contributed by atoms with E-state index >= 15 is 0 Å². The van der Waals surface area contributed by atoms with Crippen molar-refractivity contribution < 1.29 is 4.42 Å². The van der Waals surface area contributed by atoms with E-state index in [0.717, 1.165) is 55.8 Å². The van der Waals surface area contributed by atoms with Crippen molar-refractivity contribution in [1.29, 1.82) is 0 Å². The Morgan fingerprint density at radius 2 is 0.968 bits per heavy atom. The fourth-order valence-electron chi connectivity index (χ4n) is 9.74.